The Kier molecular flexibility index (Phi) is 5.33. The molecule has 0 saturated carbocycles. The maximum absolute atomic E-state index is 5.58. The second kappa shape index (κ2) is 8.39. The van der Waals surface area contributed by atoms with Gasteiger partial charge in [-0.2, -0.15) is 0 Å². The minimum Gasteiger partial charge on any atom is -0.444 e. The summed E-state index contributed by atoms with van der Waals surface area (Å²) in [6, 6.07) is 24.6. The van der Waals surface area contributed by atoms with Crippen LogP contribution >= 0.6 is 0 Å². The molecule has 28 heavy (non-hydrogen) atoms. The molecule has 0 spiro atoms. The lowest BCUT2D eigenvalue weighted by Gasteiger charge is -2.12. The molecule has 0 aliphatic carbocycles. The van der Waals surface area contributed by atoms with E-state index in [0.717, 1.165) is 17.2 Å². The summed E-state index contributed by atoms with van der Waals surface area (Å²) >= 11 is 0. The highest BCUT2D eigenvalue weighted by Gasteiger charge is 2.07. The van der Waals surface area contributed by atoms with Crippen LogP contribution in [-0.4, -0.2) is 18.0 Å². The number of rotatable bonds is 5. The highest BCUT2D eigenvalue weighted by molar-refractivity contribution is 5.86. The van der Waals surface area contributed by atoms with Gasteiger partial charge in [0.2, 0.25) is 5.89 Å². The van der Waals surface area contributed by atoms with Crippen LogP contribution in [0.5, 0.6) is 0 Å². The molecule has 2 N–H and O–H groups in total. The normalized spacial score (nSPS) is 11.5. The maximum Gasteiger partial charge on any atom is 0.226 e. The molecular weight excluding hydrogens is 348 g/mol. The van der Waals surface area contributed by atoms with E-state index in [0.29, 0.717) is 19.0 Å². The Labute approximate surface area is 164 Å². The van der Waals surface area contributed by atoms with Gasteiger partial charge in [0.25, 0.3) is 0 Å². The lowest BCUT2D eigenvalue weighted by Crippen LogP contribution is -2.36. The molecule has 5 heteroatoms. The number of nitrogens with one attached hydrogen (secondary N) is 2. The molecule has 0 fully saturated rings. The summed E-state index contributed by atoms with van der Waals surface area (Å²) in [5, 5.41) is 9.14. The molecule has 0 radical (unpaired) electrons. The van der Waals surface area contributed by atoms with Crippen molar-refractivity contribution in [2.75, 3.05) is 7.05 Å². The summed E-state index contributed by atoms with van der Waals surface area (Å²) in [5.41, 5.74) is 3.02. The van der Waals surface area contributed by atoms with Gasteiger partial charge in [0.15, 0.2) is 5.96 Å². The van der Waals surface area contributed by atoms with Gasteiger partial charge < -0.3 is 15.1 Å². The number of hydrogen-bond acceptors (Lipinski definition) is 3. The first kappa shape index (κ1) is 17.8. The summed E-state index contributed by atoms with van der Waals surface area (Å²) in [5.74, 6) is 1.34. The first-order valence-electron chi connectivity index (χ1n) is 9.24. The SMILES string of the molecule is CN=C(NCc1coc(-c2ccccc2)n1)NCc1cccc2ccccc12. The Hall–Kier alpha value is -3.60. The Morgan fingerprint density at radius 3 is 2.50 bits per heavy atom. The number of aliphatic imine (C=N–C) groups is 1. The van der Waals surface area contributed by atoms with E-state index < -0.39 is 0 Å². The van der Waals surface area contributed by atoms with Crippen molar-refractivity contribution < 1.29 is 4.42 Å². The molecule has 0 atom stereocenters. The van der Waals surface area contributed by atoms with Crippen molar-refractivity contribution in [1.29, 1.82) is 0 Å². The number of oxazole rings is 1. The largest absolute Gasteiger partial charge is 0.444 e. The highest BCUT2D eigenvalue weighted by Crippen LogP contribution is 2.19. The van der Waals surface area contributed by atoms with Crippen molar-refractivity contribution in [2.24, 2.45) is 4.99 Å². The predicted octanol–water partition coefficient (Wildman–Crippen LogP) is 4.36. The second-order valence-electron chi connectivity index (χ2n) is 6.43. The van der Waals surface area contributed by atoms with Crippen molar-refractivity contribution in [3.8, 4) is 11.5 Å². The average molecular weight is 370 g/mol. The molecule has 5 nitrogen and oxygen atoms in total. The Morgan fingerprint density at radius 2 is 1.64 bits per heavy atom. The average Bonchev–Trinajstić information content (AvgIpc) is 3.24. The fourth-order valence-electron chi connectivity index (χ4n) is 3.12. The number of aromatic nitrogens is 1. The van der Waals surface area contributed by atoms with Crippen LogP contribution in [0.15, 0.2) is 88.5 Å². The Morgan fingerprint density at radius 1 is 0.893 bits per heavy atom. The third-order valence-electron chi connectivity index (χ3n) is 4.56. The van der Waals surface area contributed by atoms with Crippen LogP contribution in [-0.2, 0) is 13.1 Å². The van der Waals surface area contributed by atoms with Crippen molar-refractivity contribution in [2.45, 2.75) is 13.1 Å². The molecule has 4 rings (SSSR count). The zero-order valence-corrected chi connectivity index (χ0v) is 15.7. The third-order valence-corrected chi connectivity index (χ3v) is 4.56. The number of nitrogens with zero attached hydrogens (tertiary/aromatic N) is 2. The van der Waals surface area contributed by atoms with E-state index in [1.165, 1.54) is 16.3 Å². The Bertz CT molecular complexity index is 1080. The van der Waals surface area contributed by atoms with Crippen molar-refractivity contribution in [3.63, 3.8) is 0 Å². The van der Waals surface area contributed by atoms with E-state index in [1.807, 2.05) is 30.3 Å². The number of fused-ring (bicyclic) bond motifs is 1. The molecule has 0 aliphatic rings. The van der Waals surface area contributed by atoms with Gasteiger partial charge >= 0.3 is 0 Å². The van der Waals surface area contributed by atoms with Gasteiger partial charge in [-0.25, -0.2) is 4.98 Å². The van der Waals surface area contributed by atoms with E-state index in [1.54, 1.807) is 13.3 Å². The minimum atomic E-state index is 0.533. The van der Waals surface area contributed by atoms with Crippen LogP contribution < -0.4 is 10.6 Å². The first-order chi connectivity index (χ1) is 13.8. The van der Waals surface area contributed by atoms with E-state index in [2.05, 4.69) is 63.1 Å². The van der Waals surface area contributed by atoms with E-state index >= 15 is 0 Å². The van der Waals surface area contributed by atoms with Crippen LogP contribution in [0.4, 0.5) is 0 Å². The van der Waals surface area contributed by atoms with E-state index in [4.69, 9.17) is 4.42 Å². The van der Waals surface area contributed by atoms with E-state index in [9.17, 15) is 0 Å². The van der Waals surface area contributed by atoms with Gasteiger partial charge in [-0.1, -0.05) is 60.7 Å². The summed E-state index contributed by atoms with van der Waals surface area (Å²) in [6.07, 6.45) is 1.67. The molecule has 0 unspecified atom stereocenters. The molecule has 1 heterocycles. The summed E-state index contributed by atoms with van der Waals surface area (Å²) in [4.78, 5) is 8.83. The van der Waals surface area contributed by atoms with Gasteiger partial charge in [0.05, 0.1) is 12.2 Å². The smallest absolute Gasteiger partial charge is 0.226 e. The van der Waals surface area contributed by atoms with E-state index in [-0.39, 0.29) is 0 Å². The second-order valence-corrected chi connectivity index (χ2v) is 6.43. The van der Waals surface area contributed by atoms with Crippen LogP contribution in [0.3, 0.4) is 0 Å². The predicted molar refractivity (Wildman–Crippen MR) is 113 cm³/mol. The van der Waals surface area contributed by atoms with Gasteiger partial charge in [-0.05, 0) is 28.5 Å². The highest BCUT2D eigenvalue weighted by atomic mass is 16.3. The van der Waals surface area contributed by atoms with Gasteiger partial charge in [-0.15, -0.1) is 0 Å². The van der Waals surface area contributed by atoms with Gasteiger partial charge in [0.1, 0.15) is 6.26 Å². The minimum absolute atomic E-state index is 0.533. The number of benzene rings is 3. The molecule has 1 aromatic heterocycles. The van der Waals surface area contributed by atoms with Crippen molar-refractivity contribution in [1.82, 2.24) is 15.6 Å². The summed E-state index contributed by atoms with van der Waals surface area (Å²) in [7, 11) is 1.76. The fraction of sp³-hybridized carbons (Fsp3) is 0.130. The lowest BCUT2D eigenvalue weighted by molar-refractivity contribution is 0.572. The lowest BCUT2D eigenvalue weighted by atomic mass is 10.0. The summed E-state index contributed by atoms with van der Waals surface area (Å²) in [6.45, 7) is 1.22. The van der Waals surface area contributed by atoms with Gasteiger partial charge in [-0.3, -0.25) is 4.99 Å². The summed E-state index contributed by atoms with van der Waals surface area (Å²) < 4.78 is 5.58. The molecule has 4 aromatic rings. The van der Waals surface area contributed by atoms with Crippen LogP contribution in [0.1, 0.15) is 11.3 Å². The molecule has 0 saturated heterocycles. The molecular formula is C23H22N4O. The number of hydrogen-bond donors (Lipinski definition) is 2. The number of guanidine groups is 1. The van der Waals surface area contributed by atoms with Crippen LogP contribution in [0.25, 0.3) is 22.2 Å². The van der Waals surface area contributed by atoms with Crippen molar-refractivity contribution in [3.05, 3.63) is 90.3 Å². The maximum atomic E-state index is 5.58. The topological polar surface area (TPSA) is 62.5 Å². The van der Waals surface area contributed by atoms with Crippen molar-refractivity contribution >= 4 is 16.7 Å². The fourth-order valence-corrected chi connectivity index (χ4v) is 3.12. The molecule has 0 amide bonds. The van der Waals surface area contributed by atoms with Crippen LogP contribution in [0, 0.1) is 0 Å². The molecule has 0 bridgehead atoms. The quantitative estimate of drug-likeness (QED) is 0.405. The molecule has 3 aromatic carbocycles. The third kappa shape index (κ3) is 4.04. The zero-order chi connectivity index (χ0) is 19.2. The standard InChI is InChI=1S/C23H22N4O/c1-24-23(25-14-19-12-7-11-17-8-5-6-13-21(17)19)26-15-20-16-28-22(27-20)18-9-3-2-4-10-18/h2-13,16H,14-15H2,1H3,(H2,24,25,26). The monoisotopic (exact) mass is 370 g/mol. The zero-order valence-electron chi connectivity index (χ0n) is 15.7. The molecule has 140 valence electrons. The first-order valence-corrected chi connectivity index (χ1v) is 9.24. The Balaban J connectivity index is 1.37. The van der Waals surface area contributed by atoms with Gasteiger partial charge in [0, 0.05) is 19.2 Å². The van der Waals surface area contributed by atoms with Crippen LogP contribution in [0.2, 0.25) is 0 Å². The molecule has 0 aliphatic heterocycles.